The number of hydrogen-bond acceptors (Lipinski definition) is 2. The van der Waals surface area contributed by atoms with Gasteiger partial charge in [0.05, 0.1) is 11.2 Å². The van der Waals surface area contributed by atoms with Crippen LogP contribution in [0.5, 0.6) is 0 Å². The van der Waals surface area contributed by atoms with Crippen LogP contribution in [0.15, 0.2) is 18.2 Å². The highest BCUT2D eigenvalue weighted by Crippen LogP contribution is 2.23. The molecule has 1 fully saturated rings. The fourth-order valence-corrected chi connectivity index (χ4v) is 1.95. The van der Waals surface area contributed by atoms with E-state index in [-0.39, 0.29) is 12.1 Å². The third-order valence-corrected chi connectivity index (χ3v) is 2.90. The average molecular weight is 241 g/mol. The molecule has 1 saturated heterocycles. The van der Waals surface area contributed by atoms with Crippen molar-refractivity contribution < 1.29 is 18.7 Å². The Morgan fingerprint density at radius 1 is 1.47 bits per heavy atom. The Labute approximate surface area is 97.7 Å². The van der Waals surface area contributed by atoms with Crippen molar-refractivity contribution in [2.45, 2.75) is 18.9 Å². The molecule has 1 amide bonds. The Morgan fingerprint density at radius 3 is 2.71 bits per heavy atom. The van der Waals surface area contributed by atoms with E-state index >= 15 is 0 Å². The lowest BCUT2D eigenvalue weighted by Crippen LogP contribution is -2.34. The third kappa shape index (κ3) is 2.44. The number of carbonyl (C=O) groups excluding carboxylic acids is 1. The Bertz CT molecular complexity index is 460. The maximum atomic E-state index is 13.4. The highest BCUT2D eigenvalue weighted by molar-refractivity contribution is 5.94. The first-order valence-corrected chi connectivity index (χ1v) is 5.36. The van der Waals surface area contributed by atoms with Gasteiger partial charge in [-0.3, -0.25) is 4.79 Å². The van der Waals surface area contributed by atoms with Gasteiger partial charge in [0.2, 0.25) is 0 Å². The van der Waals surface area contributed by atoms with Gasteiger partial charge >= 0.3 is 0 Å². The molecule has 17 heavy (non-hydrogen) atoms. The molecular weight excluding hydrogens is 228 g/mol. The van der Waals surface area contributed by atoms with E-state index in [1.54, 1.807) is 6.92 Å². The molecule has 0 spiro atoms. The zero-order valence-corrected chi connectivity index (χ0v) is 9.41. The van der Waals surface area contributed by atoms with E-state index in [4.69, 9.17) is 0 Å². The molecule has 3 nitrogen and oxygen atoms in total. The number of likely N-dealkylation sites (tertiary alicyclic amines) is 1. The normalized spacial score (nSPS) is 24.1. The molecule has 1 unspecified atom stereocenters. The maximum absolute atomic E-state index is 13.4. The molecule has 1 aromatic rings. The van der Waals surface area contributed by atoms with E-state index < -0.39 is 23.1 Å². The van der Waals surface area contributed by atoms with Gasteiger partial charge in [0, 0.05) is 19.2 Å². The van der Waals surface area contributed by atoms with Gasteiger partial charge in [-0.05, 0) is 25.5 Å². The largest absolute Gasteiger partial charge is 0.388 e. The van der Waals surface area contributed by atoms with E-state index in [2.05, 4.69) is 0 Å². The van der Waals surface area contributed by atoms with Crippen molar-refractivity contribution >= 4 is 5.91 Å². The number of carbonyl (C=O) groups is 1. The van der Waals surface area contributed by atoms with Gasteiger partial charge in [0.15, 0.2) is 0 Å². The minimum Gasteiger partial charge on any atom is -0.388 e. The summed E-state index contributed by atoms with van der Waals surface area (Å²) in [6.45, 7) is 2.17. The number of aliphatic hydroxyl groups is 1. The van der Waals surface area contributed by atoms with Gasteiger partial charge in [0.25, 0.3) is 5.91 Å². The number of β-amino-alcohol motifs (C(OH)–C–C–N with tert-alkyl or cyclic N) is 1. The van der Waals surface area contributed by atoms with Gasteiger partial charge in [-0.1, -0.05) is 0 Å². The molecule has 1 aliphatic heterocycles. The van der Waals surface area contributed by atoms with Crippen molar-refractivity contribution in [3.05, 3.63) is 35.4 Å². The molecule has 0 radical (unpaired) electrons. The highest BCUT2D eigenvalue weighted by Gasteiger charge is 2.34. The van der Waals surface area contributed by atoms with Crippen LogP contribution in [0, 0.1) is 11.6 Å². The van der Waals surface area contributed by atoms with Crippen molar-refractivity contribution in [1.82, 2.24) is 4.90 Å². The topological polar surface area (TPSA) is 40.5 Å². The van der Waals surface area contributed by atoms with E-state index in [1.165, 1.54) is 4.90 Å². The van der Waals surface area contributed by atoms with Crippen molar-refractivity contribution in [3.8, 4) is 0 Å². The van der Waals surface area contributed by atoms with Crippen LogP contribution in [0.25, 0.3) is 0 Å². The van der Waals surface area contributed by atoms with Crippen LogP contribution in [-0.4, -0.2) is 34.6 Å². The second-order valence-corrected chi connectivity index (χ2v) is 4.60. The second kappa shape index (κ2) is 4.07. The molecule has 1 aromatic carbocycles. The minimum absolute atomic E-state index is 0.163. The molecule has 2 rings (SSSR count). The van der Waals surface area contributed by atoms with Crippen LogP contribution in [0.2, 0.25) is 0 Å². The standard InChI is InChI=1S/C12H13F2NO2/c1-12(17)4-5-15(7-12)11(16)9-3-2-8(13)6-10(9)14/h2-3,6,17H,4-5,7H2,1H3. The zero-order chi connectivity index (χ0) is 12.6. The van der Waals surface area contributed by atoms with Gasteiger partial charge < -0.3 is 10.0 Å². The first kappa shape index (κ1) is 12.0. The Morgan fingerprint density at radius 2 is 2.18 bits per heavy atom. The second-order valence-electron chi connectivity index (χ2n) is 4.60. The van der Waals surface area contributed by atoms with Crippen molar-refractivity contribution in [2.24, 2.45) is 0 Å². The highest BCUT2D eigenvalue weighted by atomic mass is 19.1. The summed E-state index contributed by atoms with van der Waals surface area (Å²) in [6, 6.07) is 2.85. The molecule has 5 heteroatoms. The number of nitrogens with zero attached hydrogens (tertiary/aromatic N) is 1. The van der Waals surface area contributed by atoms with E-state index in [1.807, 2.05) is 0 Å². The lowest BCUT2D eigenvalue weighted by Gasteiger charge is -2.19. The van der Waals surface area contributed by atoms with E-state index in [9.17, 15) is 18.7 Å². The number of amides is 1. The summed E-state index contributed by atoms with van der Waals surface area (Å²) in [5.41, 5.74) is -1.09. The summed E-state index contributed by atoms with van der Waals surface area (Å²) in [5, 5.41) is 9.73. The first-order valence-electron chi connectivity index (χ1n) is 5.36. The number of halogens is 2. The number of hydrogen-bond donors (Lipinski definition) is 1. The monoisotopic (exact) mass is 241 g/mol. The smallest absolute Gasteiger partial charge is 0.256 e. The molecule has 1 aliphatic rings. The summed E-state index contributed by atoms with van der Waals surface area (Å²) < 4.78 is 26.1. The maximum Gasteiger partial charge on any atom is 0.256 e. The van der Waals surface area contributed by atoms with E-state index in [0.717, 1.165) is 12.1 Å². The SMILES string of the molecule is CC1(O)CCN(C(=O)c2ccc(F)cc2F)C1. The van der Waals surface area contributed by atoms with E-state index in [0.29, 0.717) is 19.0 Å². The molecule has 0 aromatic heterocycles. The molecular formula is C12H13F2NO2. The average Bonchev–Trinajstić information content (AvgIpc) is 2.58. The predicted octanol–water partition coefficient (Wildman–Crippen LogP) is 1.56. The van der Waals surface area contributed by atoms with Gasteiger partial charge in [-0.25, -0.2) is 8.78 Å². The van der Waals surface area contributed by atoms with Crippen molar-refractivity contribution in [3.63, 3.8) is 0 Å². The van der Waals surface area contributed by atoms with Crippen molar-refractivity contribution in [2.75, 3.05) is 13.1 Å². The lowest BCUT2D eigenvalue weighted by atomic mass is 10.1. The van der Waals surface area contributed by atoms with Crippen LogP contribution in [0.4, 0.5) is 8.78 Å². The number of benzene rings is 1. The fraction of sp³-hybridized carbons (Fsp3) is 0.417. The summed E-state index contributed by atoms with van der Waals surface area (Å²) >= 11 is 0. The summed E-state index contributed by atoms with van der Waals surface area (Å²) in [7, 11) is 0. The third-order valence-electron chi connectivity index (χ3n) is 2.90. The molecule has 0 aliphatic carbocycles. The number of rotatable bonds is 1. The fourth-order valence-electron chi connectivity index (χ4n) is 1.95. The molecule has 0 bridgehead atoms. The minimum atomic E-state index is -0.924. The van der Waals surface area contributed by atoms with Crippen molar-refractivity contribution in [1.29, 1.82) is 0 Å². The summed E-state index contributed by atoms with van der Waals surface area (Å²) in [6.07, 6.45) is 0.460. The molecule has 1 atom stereocenters. The lowest BCUT2D eigenvalue weighted by molar-refractivity contribution is 0.0569. The molecule has 1 heterocycles. The van der Waals surface area contributed by atoms with Crippen LogP contribution < -0.4 is 0 Å². The summed E-state index contributed by atoms with van der Waals surface area (Å²) in [5.74, 6) is -2.10. The van der Waals surface area contributed by atoms with Crippen LogP contribution >= 0.6 is 0 Å². The van der Waals surface area contributed by atoms with Crippen LogP contribution in [0.3, 0.4) is 0 Å². The first-order chi connectivity index (χ1) is 7.89. The van der Waals surface area contributed by atoms with Gasteiger partial charge in [-0.2, -0.15) is 0 Å². The van der Waals surface area contributed by atoms with Gasteiger partial charge in [-0.15, -0.1) is 0 Å². The summed E-state index contributed by atoms with van der Waals surface area (Å²) in [4.78, 5) is 13.3. The van der Waals surface area contributed by atoms with Crippen LogP contribution in [0.1, 0.15) is 23.7 Å². The Balaban J connectivity index is 2.21. The Kier molecular flexibility index (Phi) is 2.87. The van der Waals surface area contributed by atoms with Gasteiger partial charge in [0.1, 0.15) is 11.6 Å². The molecule has 0 saturated carbocycles. The predicted molar refractivity (Wildman–Crippen MR) is 57.5 cm³/mol. The zero-order valence-electron chi connectivity index (χ0n) is 9.41. The molecule has 92 valence electrons. The van der Waals surface area contributed by atoms with Crippen LogP contribution in [-0.2, 0) is 0 Å². The quantitative estimate of drug-likeness (QED) is 0.810. The Hall–Kier alpha value is -1.49. The molecule has 1 N–H and O–H groups in total.